The van der Waals surface area contributed by atoms with Gasteiger partial charge in [0.2, 0.25) is 0 Å². The molecule has 1 aromatic rings. The zero-order valence-electron chi connectivity index (χ0n) is 10.7. The Balaban J connectivity index is 2.30. The molecule has 1 rings (SSSR count). The van der Waals surface area contributed by atoms with Crippen LogP contribution in [0.5, 0.6) is 0 Å². The topological polar surface area (TPSA) is 69.6 Å². The number of aliphatic carboxylic acids is 1. The number of nitrogens with zero attached hydrogens (tertiary/aromatic N) is 1. The number of carboxylic acid groups (broad SMARTS) is 1. The summed E-state index contributed by atoms with van der Waals surface area (Å²) in [5.41, 5.74) is 1.15. The van der Waals surface area contributed by atoms with Crippen molar-refractivity contribution in [2.75, 3.05) is 20.1 Å². The molecule has 0 heterocycles. The number of rotatable bonds is 6. The molecule has 0 radical (unpaired) electrons. The predicted octanol–water partition coefficient (Wildman–Crippen LogP) is 2.11. The van der Waals surface area contributed by atoms with Gasteiger partial charge in [0.25, 0.3) is 0 Å². The maximum absolute atomic E-state index is 11.6. The van der Waals surface area contributed by atoms with E-state index in [0.29, 0.717) is 6.54 Å². The summed E-state index contributed by atoms with van der Waals surface area (Å²) in [5.74, 6) is -0.919. The molecule has 19 heavy (non-hydrogen) atoms. The van der Waals surface area contributed by atoms with Crippen molar-refractivity contribution < 1.29 is 14.7 Å². The number of hydrogen-bond donors (Lipinski definition) is 2. The van der Waals surface area contributed by atoms with Crippen LogP contribution in [0.2, 0.25) is 0 Å². The van der Waals surface area contributed by atoms with Crippen LogP contribution in [0.25, 0.3) is 0 Å². The van der Waals surface area contributed by atoms with Gasteiger partial charge in [0, 0.05) is 24.6 Å². The summed E-state index contributed by atoms with van der Waals surface area (Å²) in [6.45, 7) is 0.733. The molecule has 2 N–H and O–H groups in total. The minimum absolute atomic E-state index is 0.0632. The van der Waals surface area contributed by atoms with E-state index in [1.807, 2.05) is 24.3 Å². The first kappa shape index (κ1) is 15.5. The number of carbonyl (C=O) groups excluding carboxylic acids is 1. The normalized spacial score (nSPS) is 10.0. The lowest BCUT2D eigenvalue weighted by molar-refractivity contribution is -0.136. The van der Waals surface area contributed by atoms with E-state index in [9.17, 15) is 9.59 Å². The van der Waals surface area contributed by atoms with Gasteiger partial charge in [-0.1, -0.05) is 28.1 Å². The van der Waals surface area contributed by atoms with Crippen molar-refractivity contribution in [3.05, 3.63) is 34.3 Å². The summed E-state index contributed by atoms with van der Waals surface area (Å²) in [6.07, 6.45) is 0.697. The average Bonchev–Trinajstić information content (AvgIpc) is 2.37. The molecule has 0 aliphatic heterocycles. The van der Waals surface area contributed by atoms with E-state index >= 15 is 0 Å². The molecule has 0 spiro atoms. The van der Waals surface area contributed by atoms with Gasteiger partial charge in [0.05, 0.1) is 6.42 Å². The zero-order chi connectivity index (χ0) is 14.3. The lowest BCUT2D eigenvalue weighted by atomic mass is 10.1. The van der Waals surface area contributed by atoms with Gasteiger partial charge in [-0.05, 0) is 24.1 Å². The van der Waals surface area contributed by atoms with Crippen LogP contribution < -0.4 is 5.32 Å². The largest absolute Gasteiger partial charge is 0.481 e. The van der Waals surface area contributed by atoms with E-state index in [2.05, 4.69) is 21.2 Å². The highest BCUT2D eigenvalue weighted by Gasteiger charge is 2.08. The molecular weight excluding hydrogens is 312 g/mol. The Morgan fingerprint density at radius 1 is 1.32 bits per heavy atom. The van der Waals surface area contributed by atoms with Crippen LogP contribution in [0, 0.1) is 0 Å². The Kier molecular flexibility index (Phi) is 6.35. The van der Waals surface area contributed by atoms with Crippen LogP contribution in [-0.2, 0) is 11.2 Å². The summed E-state index contributed by atoms with van der Waals surface area (Å²) >= 11 is 3.37. The van der Waals surface area contributed by atoms with E-state index < -0.39 is 5.97 Å². The Hall–Kier alpha value is -1.56. The summed E-state index contributed by atoms with van der Waals surface area (Å²) in [5, 5.41) is 11.0. The summed E-state index contributed by atoms with van der Waals surface area (Å²) in [6, 6.07) is 7.67. The van der Waals surface area contributed by atoms with Crippen LogP contribution in [-0.4, -0.2) is 42.1 Å². The van der Waals surface area contributed by atoms with Gasteiger partial charge in [0.1, 0.15) is 0 Å². The number of carbonyl (C=O) groups is 2. The number of nitrogens with one attached hydrogen (secondary N) is 1. The lowest BCUT2D eigenvalue weighted by Crippen LogP contribution is -2.39. The van der Waals surface area contributed by atoms with Gasteiger partial charge >= 0.3 is 12.0 Å². The number of halogens is 1. The second-order valence-electron chi connectivity index (χ2n) is 4.17. The van der Waals surface area contributed by atoms with Crippen molar-refractivity contribution in [1.29, 1.82) is 0 Å². The average molecular weight is 329 g/mol. The number of carboxylic acids is 1. The first-order valence-electron chi connectivity index (χ1n) is 5.94. The molecule has 0 bridgehead atoms. The van der Waals surface area contributed by atoms with Gasteiger partial charge < -0.3 is 15.3 Å². The van der Waals surface area contributed by atoms with Gasteiger partial charge in [-0.15, -0.1) is 0 Å². The number of urea groups is 1. The molecule has 2 amide bonds. The lowest BCUT2D eigenvalue weighted by Gasteiger charge is -2.17. The molecule has 0 aromatic heterocycles. The Labute approximate surface area is 120 Å². The monoisotopic (exact) mass is 328 g/mol. The minimum atomic E-state index is -0.919. The third kappa shape index (κ3) is 6.24. The standard InChI is InChI=1S/C13H17BrN2O3/c1-16(13(19)15-8-6-12(17)18)9-7-10-2-4-11(14)5-3-10/h2-5H,6-9H2,1H3,(H,15,19)(H,17,18). The minimum Gasteiger partial charge on any atom is -0.481 e. The third-order valence-corrected chi connectivity index (χ3v) is 3.14. The number of benzene rings is 1. The zero-order valence-corrected chi connectivity index (χ0v) is 12.3. The first-order valence-corrected chi connectivity index (χ1v) is 6.73. The summed E-state index contributed by atoms with van der Waals surface area (Å²) in [4.78, 5) is 23.5. The maximum atomic E-state index is 11.6. The Morgan fingerprint density at radius 2 is 1.95 bits per heavy atom. The second-order valence-corrected chi connectivity index (χ2v) is 5.09. The van der Waals surface area contributed by atoms with E-state index in [4.69, 9.17) is 5.11 Å². The molecule has 0 saturated heterocycles. The molecule has 0 atom stereocenters. The predicted molar refractivity (Wildman–Crippen MR) is 76.1 cm³/mol. The highest BCUT2D eigenvalue weighted by molar-refractivity contribution is 9.10. The van der Waals surface area contributed by atoms with E-state index in [1.165, 1.54) is 0 Å². The molecule has 6 heteroatoms. The summed E-state index contributed by atoms with van der Waals surface area (Å²) < 4.78 is 1.02. The van der Waals surface area contributed by atoms with Crippen molar-refractivity contribution in [3.8, 4) is 0 Å². The Morgan fingerprint density at radius 3 is 2.53 bits per heavy atom. The van der Waals surface area contributed by atoms with Crippen LogP contribution >= 0.6 is 15.9 Å². The first-order chi connectivity index (χ1) is 8.99. The molecule has 1 aromatic carbocycles. The molecule has 0 saturated carbocycles. The van der Waals surface area contributed by atoms with Gasteiger partial charge in [0.15, 0.2) is 0 Å². The molecule has 0 aliphatic carbocycles. The quantitative estimate of drug-likeness (QED) is 0.840. The van der Waals surface area contributed by atoms with Crippen molar-refractivity contribution in [2.45, 2.75) is 12.8 Å². The maximum Gasteiger partial charge on any atom is 0.317 e. The molecule has 0 aliphatic rings. The van der Waals surface area contributed by atoms with Crippen molar-refractivity contribution in [3.63, 3.8) is 0 Å². The van der Waals surface area contributed by atoms with Crippen LogP contribution in [0.1, 0.15) is 12.0 Å². The highest BCUT2D eigenvalue weighted by atomic mass is 79.9. The van der Waals surface area contributed by atoms with Crippen molar-refractivity contribution >= 4 is 27.9 Å². The number of amides is 2. The fourth-order valence-corrected chi connectivity index (χ4v) is 1.73. The fourth-order valence-electron chi connectivity index (χ4n) is 1.46. The van der Waals surface area contributed by atoms with Gasteiger partial charge in [-0.3, -0.25) is 4.79 Å². The van der Waals surface area contributed by atoms with E-state index in [-0.39, 0.29) is 19.0 Å². The fraction of sp³-hybridized carbons (Fsp3) is 0.385. The Bertz CT molecular complexity index is 434. The molecule has 5 nitrogen and oxygen atoms in total. The number of likely N-dealkylation sites (N-methyl/N-ethyl adjacent to an activating group) is 1. The van der Waals surface area contributed by atoms with Crippen molar-refractivity contribution in [2.24, 2.45) is 0 Å². The summed E-state index contributed by atoms with van der Waals surface area (Å²) in [7, 11) is 1.69. The van der Waals surface area contributed by atoms with E-state index in [1.54, 1.807) is 11.9 Å². The van der Waals surface area contributed by atoms with Crippen LogP contribution in [0.4, 0.5) is 4.79 Å². The van der Waals surface area contributed by atoms with Crippen LogP contribution in [0.15, 0.2) is 28.7 Å². The highest BCUT2D eigenvalue weighted by Crippen LogP contribution is 2.11. The molecule has 104 valence electrons. The molecular formula is C13H17BrN2O3. The van der Waals surface area contributed by atoms with Gasteiger partial charge in [-0.25, -0.2) is 4.79 Å². The molecule has 0 unspecified atom stereocenters. The molecule has 0 fully saturated rings. The van der Waals surface area contributed by atoms with E-state index in [0.717, 1.165) is 16.5 Å². The van der Waals surface area contributed by atoms with Crippen molar-refractivity contribution in [1.82, 2.24) is 10.2 Å². The van der Waals surface area contributed by atoms with Gasteiger partial charge in [-0.2, -0.15) is 0 Å². The second kappa shape index (κ2) is 7.78. The third-order valence-electron chi connectivity index (χ3n) is 2.61. The SMILES string of the molecule is CN(CCc1ccc(Br)cc1)C(=O)NCCC(=O)O. The number of hydrogen-bond acceptors (Lipinski definition) is 2. The smallest absolute Gasteiger partial charge is 0.317 e. The van der Waals surface area contributed by atoms with Crippen LogP contribution in [0.3, 0.4) is 0 Å².